The van der Waals surface area contributed by atoms with Crippen molar-refractivity contribution in [2.45, 2.75) is 71.7 Å². The highest BCUT2D eigenvalue weighted by Gasteiger charge is 2.58. The molecule has 11 nitrogen and oxygen atoms in total. The highest BCUT2D eigenvalue weighted by molar-refractivity contribution is 5.74. The third-order valence-electron chi connectivity index (χ3n) is 9.16. The number of nitrogens with one attached hydrogen (secondary N) is 2. The van der Waals surface area contributed by atoms with Crippen molar-refractivity contribution in [3.8, 4) is 23.0 Å². The fraction of sp³-hybridized carbons (Fsp3) is 0.472. The number of aliphatic hydroxyl groups is 2. The maximum absolute atomic E-state index is 11.4. The van der Waals surface area contributed by atoms with Gasteiger partial charge in [0.1, 0.15) is 35.9 Å². The molecular weight excluding hydrogens is 602 g/mol. The van der Waals surface area contributed by atoms with Crippen molar-refractivity contribution in [3.05, 3.63) is 70.1 Å². The van der Waals surface area contributed by atoms with E-state index in [0.717, 1.165) is 16.7 Å². The number of nitrogens with zero attached hydrogens (tertiary/aromatic N) is 1. The van der Waals surface area contributed by atoms with Gasteiger partial charge in [-0.25, -0.2) is 5.53 Å². The highest BCUT2D eigenvalue weighted by atomic mass is 16.5. The summed E-state index contributed by atoms with van der Waals surface area (Å²) in [5.74, 6) is 1.21. The molecule has 1 heterocycles. The number of fused-ring (bicyclic) bond motifs is 2. The molecule has 4 rings (SSSR count). The van der Waals surface area contributed by atoms with Crippen LogP contribution in [0.3, 0.4) is 0 Å². The first-order chi connectivity index (χ1) is 22.2. The summed E-state index contributed by atoms with van der Waals surface area (Å²) in [6, 6.07) is 7.40. The van der Waals surface area contributed by atoms with Crippen molar-refractivity contribution >= 4 is 18.1 Å². The second kappa shape index (κ2) is 14.6. The Bertz CT molecular complexity index is 1580. The third kappa shape index (κ3) is 7.97. The molecule has 0 radical (unpaired) electrons. The van der Waals surface area contributed by atoms with Crippen LogP contribution in [0.5, 0.6) is 23.0 Å². The Hall–Kier alpha value is -4.35. The van der Waals surface area contributed by atoms with Crippen molar-refractivity contribution in [1.82, 2.24) is 5.32 Å². The van der Waals surface area contributed by atoms with Crippen molar-refractivity contribution in [3.63, 3.8) is 0 Å². The van der Waals surface area contributed by atoms with Gasteiger partial charge in [-0.05, 0) is 74.6 Å². The van der Waals surface area contributed by atoms with E-state index in [1.807, 2.05) is 71.0 Å². The largest absolute Gasteiger partial charge is 0.507 e. The Balaban J connectivity index is 1.64. The first kappa shape index (κ1) is 35.5. The predicted octanol–water partition coefficient (Wildman–Crippen LogP) is 5.56. The molecule has 1 fully saturated rings. The first-order valence-electron chi connectivity index (χ1n) is 15.6. The van der Waals surface area contributed by atoms with E-state index in [1.165, 1.54) is 13.3 Å². The number of phenols is 1. The van der Waals surface area contributed by atoms with E-state index < -0.39 is 29.2 Å². The smallest absolute Gasteiger partial charge is 0.325 e. The van der Waals surface area contributed by atoms with E-state index in [0.29, 0.717) is 47.6 Å². The second-order valence-corrected chi connectivity index (χ2v) is 13.2. The Morgan fingerprint density at radius 1 is 1.11 bits per heavy atom. The van der Waals surface area contributed by atoms with Crippen LogP contribution in [-0.2, 0) is 22.4 Å². The Kier molecular flexibility index (Phi) is 11.0. The summed E-state index contributed by atoms with van der Waals surface area (Å²) in [5.41, 5.74) is 10.7. The molecule has 1 aliphatic carbocycles. The zero-order chi connectivity index (χ0) is 34.5. The number of rotatable bonds is 12. The van der Waals surface area contributed by atoms with Crippen LogP contribution < -0.4 is 19.5 Å². The summed E-state index contributed by atoms with van der Waals surface area (Å²) in [6.45, 7) is 9.74. The normalized spacial score (nSPS) is 23.2. The molecule has 2 aliphatic rings. The van der Waals surface area contributed by atoms with Gasteiger partial charge in [0.25, 0.3) is 0 Å². The molecule has 1 saturated carbocycles. The zero-order valence-corrected chi connectivity index (χ0v) is 28.2. The van der Waals surface area contributed by atoms with Gasteiger partial charge in [-0.15, -0.1) is 0 Å². The molecule has 0 unspecified atom stereocenters. The first-order valence-corrected chi connectivity index (χ1v) is 15.6. The molecule has 0 saturated heterocycles. The van der Waals surface area contributed by atoms with Crippen LogP contribution in [0.1, 0.15) is 63.3 Å². The summed E-state index contributed by atoms with van der Waals surface area (Å²) in [5, 5.41) is 38.7. The SMILES string of the molecule is COC(=O)CN/C=C(/COc1cc(/C=C/c2cc3c(c(OC)c2)O[C@]2(C)C[C@@H](O)[C@@H](O)C(C)(C)[C@H]2C3)cc(O)c1CC=C(C)C)N=N. The van der Waals surface area contributed by atoms with Crippen molar-refractivity contribution in [1.29, 1.82) is 5.53 Å². The van der Waals surface area contributed by atoms with Crippen LogP contribution in [0.15, 0.2) is 52.9 Å². The van der Waals surface area contributed by atoms with Gasteiger partial charge in [0.2, 0.25) is 0 Å². The number of methoxy groups -OCH3 is 2. The predicted molar refractivity (Wildman–Crippen MR) is 179 cm³/mol. The molecular formula is C36H47N3O8. The van der Waals surface area contributed by atoms with Crippen LogP contribution in [0, 0.1) is 16.9 Å². The highest BCUT2D eigenvalue weighted by Crippen LogP contribution is 2.55. The number of carbonyl (C=O) groups is 1. The lowest BCUT2D eigenvalue weighted by atomic mass is 9.57. The fourth-order valence-electron chi connectivity index (χ4n) is 6.56. The van der Waals surface area contributed by atoms with Crippen molar-refractivity contribution < 1.29 is 39.1 Å². The van der Waals surface area contributed by atoms with Crippen LogP contribution in [0.25, 0.3) is 12.2 Å². The van der Waals surface area contributed by atoms with E-state index in [9.17, 15) is 20.1 Å². The molecule has 47 heavy (non-hydrogen) atoms. The van der Waals surface area contributed by atoms with E-state index in [-0.39, 0.29) is 30.5 Å². The van der Waals surface area contributed by atoms with Crippen LogP contribution in [-0.4, -0.2) is 66.5 Å². The third-order valence-corrected chi connectivity index (χ3v) is 9.16. The molecule has 5 N–H and O–H groups in total. The molecule has 0 bridgehead atoms. The minimum atomic E-state index is -0.882. The lowest BCUT2D eigenvalue weighted by Gasteiger charge is -2.56. The van der Waals surface area contributed by atoms with Gasteiger partial charge in [0.05, 0.1) is 26.4 Å². The van der Waals surface area contributed by atoms with Crippen LogP contribution in [0.4, 0.5) is 0 Å². The van der Waals surface area contributed by atoms with Crippen molar-refractivity contribution in [2.75, 3.05) is 27.4 Å². The lowest BCUT2D eigenvalue weighted by Crippen LogP contribution is -2.63. The number of aliphatic hydroxyl groups excluding tert-OH is 2. The molecule has 2 aromatic carbocycles. The van der Waals surface area contributed by atoms with E-state index in [4.69, 9.17) is 19.7 Å². The monoisotopic (exact) mass is 649 g/mol. The number of phenolic OH excluding ortho intramolecular Hbond substituents is 1. The van der Waals surface area contributed by atoms with E-state index >= 15 is 0 Å². The Morgan fingerprint density at radius 3 is 2.43 bits per heavy atom. The van der Waals surface area contributed by atoms with Gasteiger partial charge in [0, 0.05) is 29.5 Å². The average Bonchev–Trinajstić information content (AvgIpc) is 3.02. The number of esters is 1. The zero-order valence-electron chi connectivity index (χ0n) is 28.2. The summed E-state index contributed by atoms with van der Waals surface area (Å²) < 4.78 is 23.0. The molecule has 0 spiro atoms. The maximum atomic E-state index is 11.4. The van der Waals surface area contributed by atoms with Gasteiger partial charge >= 0.3 is 5.97 Å². The van der Waals surface area contributed by atoms with Gasteiger partial charge in [-0.1, -0.05) is 37.6 Å². The van der Waals surface area contributed by atoms with Gasteiger partial charge < -0.3 is 39.6 Å². The number of aromatic hydroxyl groups is 1. The maximum Gasteiger partial charge on any atom is 0.325 e. The number of hydrogen-bond acceptors (Lipinski definition) is 11. The molecule has 0 aromatic heterocycles. The summed E-state index contributed by atoms with van der Waals surface area (Å²) >= 11 is 0. The summed E-state index contributed by atoms with van der Waals surface area (Å²) in [6.07, 6.45) is 6.83. The number of hydrogen-bond donors (Lipinski definition) is 5. The van der Waals surface area contributed by atoms with Crippen LogP contribution >= 0.6 is 0 Å². The molecule has 254 valence electrons. The minimum Gasteiger partial charge on any atom is -0.507 e. The molecule has 4 atom stereocenters. The summed E-state index contributed by atoms with van der Waals surface area (Å²) in [4.78, 5) is 11.4. The molecule has 1 aliphatic heterocycles. The standard InChI is InChI=1S/C36H47N3O8/c1-21(2)8-11-26-27(40)13-23(14-29(26)46-20-25(39-37)18-38-19-32(42)45-7)10-9-22-12-24-16-31-35(3,4)34(43)28(41)17-36(31,5)47-33(24)30(15-22)44-6/h8-10,12-15,18,28,31,34,37-38,40-41,43H,11,16-17,19-20H2,1-7H3/b10-9+,25-18-,39-37?/t28-,31-,34-,36-/m1/s1. The topological polar surface area (TPSA) is 163 Å². The number of benzene rings is 2. The van der Waals surface area contributed by atoms with E-state index in [2.05, 4.69) is 15.2 Å². The van der Waals surface area contributed by atoms with Crippen molar-refractivity contribution in [2.24, 2.45) is 16.4 Å². The molecule has 2 aromatic rings. The van der Waals surface area contributed by atoms with Crippen LogP contribution in [0.2, 0.25) is 0 Å². The fourth-order valence-corrected chi connectivity index (χ4v) is 6.56. The number of carbonyl (C=O) groups excluding carboxylic acids is 1. The minimum absolute atomic E-state index is 0.0418. The second-order valence-electron chi connectivity index (χ2n) is 13.2. The Morgan fingerprint density at radius 2 is 1.79 bits per heavy atom. The number of ether oxygens (including phenoxy) is 4. The number of allylic oxidation sites excluding steroid dienone is 2. The molecule has 11 heteroatoms. The molecule has 0 amide bonds. The van der Waals surface area contributed by atoms with Gasteiger partial charge in [-0.3, -0.25) is 4.79 Å². The lowest BCUT2D eigenvalue weighted by molar-refractivity contribution is -0.187. The Labute approximate surface area is 276 Å². The summed E-state index contributed by atoms with van der Waals surface area (Å²) in [7, 11) is 2.88. The van der Waals surface area contributed by atoms with Gasteiger partial charge in [-0.2, -0.15) is 5.11 Å². The van der Waals surface area contributed by atoms with E-state index in [1.54, 1.807) is 13.2 Å². The quantitative estimate of drug-likeness (QED) is 0.0858. The average molecular weight is 650 g/mol. The van der Waals surface area contributed by atoms with Gasteiger partial charge in [0.15, 0.2) is 11.5 Å².